The largest absolute Gasteiger partial charge is 0.381 e. The maximum Gasteiger partial charge on any atom is 0.172 e. The Kier molecular flexibility index (Phi) is 11.4. The molecule has 1 saturated heterocycles. The minimum Gasteiger partial charge on any atom is -0.381 e. The number of likely N-dealkylation sites (tertiary alicyclic amines) is 1. The maximum absolute atomic E-state index is 9.26. The third-order valence-electron chi connectivity index (χ3n) is 7.54. The topological polar surface area (TPSA) is 65.7 Å². The molecule has 1 saturated carbocycles. The highest BCUT2D eigenvalue weighted by atomic mass is 79.9. The van der Waals surface area contributed by atoms with Crippen LogP contribution in [0.5, 0.6) is 0 Å². The molecule has 3 aliphatic rings. The lowest BCUT2D eigenvalue weighted by Crippen LogP contribution is -2.39. The zero-order chi connectivity index (χ0) is 28.5. The van der Waals surface area contributed by atoms with Crippen LogP contribution in [0.4, 0.5) is 5.82 Å². The van der Waals surface area contributed by atoms with Gasteiger partial charge in [-0.05, 0) is 77.6 Å². The Balaban J connectivity index is 0.000000220. The first-order valence-corrected chi connectivity index (χ1v) is 15.6. The van der Waals surface area contributed by atoms with Gasteiger partial charge < -0.3 is 10.4 Å². The molecule has 3 heterocycles. The Labute approximate surface area is 252 Å². The van der Waals surface area contributed by atoms with E-state index in [2.05, 4.69) is 57.6 Å². The second-order valence-electron chi connectivity index (χ2n) is 10.3. The number of piperidine rings is 1. The lowest BCUT2D eigenvalue weighted by molar-refractivity contribution is 0.0863. The normalized spacial score (nSPS) is 19.3. The quantitative estimate of drug-likeness (QED) is 0.305. The van der Waals surface area contributed by atoms with Crippen LogP contribution in [0.1, 0.15) is 59.3 Å². The van der Waals surface area contributed by atoms with Crippen molar-refractivity contribution in [2.75, 3.05) is 25.1 Å². The van der Waals surface area contributed by atoms with E-state index in [9.17, 15) is 5.11 Å². The fraction of sp³-hybridized carbons (Fsp3) is 0.438. The van der Waals surface area contributed by atoms with Gasteiger partial charge in [0.25, 0.3) is 0 Å². The van der Waals surface area contributed by atoms with Gasteiger partial charge in [0.1, 0.15) is 5.82 Å². The van der Waals surface area contributed by atoms with Crippen molar-refractivity contribution in [2.24, 2.45) is 5.92 Å². The van der Waals surface area contributed by atoms with Crippen LogP contribution in [0.2, 0.25) is 5.02 Å². The van der Waals surface area contributed by atoms with Gasteiger partial charge in [-0.3, -0.25) is 4.90 Å². The first-order chi connectivity index (χ1) is 19.5. The first kappa shape index (κ1) is 30.5. The monoisotopic (exact) mass is 625 g/mol. The van der Waals surface area contributed by atoms with E-state index in [0.29, 0.717) is 11.1 Å². The number of allylic oxidation sites excluding steroid dienone is 6. The number of halogens is 2. The molecule has 2 aliphatic carbocycles. The molecule has 3 aromatic rings. The minimum atomic E-state index is 0.120. The number of nitrogens with zero attached hydrogens (tertiary/aromatic N) is 4. The summed E-state index contributed by atoms with van der Waals surface area (Å²) >= 11 is 9.90. The van der Waals surface area contributed by atoms with Crippen LogP contribution in [-0.2, 0) is 0 Å². The summed E-state index contributed by atoms with van der Waals surface area (Å²) in [4.78, 5) is 6.77. The summed E-state index contributed by atoms with van der Waals surface area (Å²) in [5.41, 5.74) is 5.64. The van der Waals surface area contributed by atoms with Crippen LogP contribution in [-0.4, -0.2) is 50.5 Å². The molecular formula is C32H41BrClN5O. The van der Waals surface area contributed by atoms with Gasteiger partial charge in [0.2, 0.25) is 0 Å². The Bertz CT molecular complexity index is 1360. The third-order valence-corrected chi connectivity index (χ3v) is 8.43. The van der Waals surface area contributed by atoms with E-state index < -0.39 is 0 Å². The van der Waals surface area contributed by atoms with E-state index in [1.165, 1.54) is 19.3 Å². The molecule has 214 valence electrons. The molecule has 6 rings (SSSR count). The standard InChI is InChI=1S/C18H19BrClN5O.C12H16.C2H6/c19-14-10-21-25-17(22-12-5-7-24(11-26)8-6-12)9-16(23-18(14)25)13-3-1-2-4-15(13)20;1-10-7-8-11-5-3-2-4-6-12(11)9-10;1-2/h1-4,9-10,12,22,26H,5-8,11H2;2,4-6,10H,3,7-9H2,1H3;1-2H3. The van der Waals surface area contributed by atoms with E-state index in [0.717, 1.165) is 65.5 Å². The van der Waals surface area contributed by atoms with E-state index >= 15 is 0 Å². The summed E-state index contributed by atoms with van der Waals surface area (Å²) in [6.45, 7) is 8.23. The molecule has 2 N–H and O–H groups in total. The number of anilines is 1. The van der Waals surface area contributed by atoms with Gasteiger partial charge >= 0.3 is 0 Å². The van der Waals surface area contributed by atoms with Crippen LogP contribution < -0.4 is 5.32 Å². The number of fused-ring (bicyclic) bond motifs is 2. The average molecular weight is 627 g/mol. The Hall–Kier alpha value is -2.45. The van der Waals surface area contributed by atoms with E-state index in [1.807, 2.05) is 53.6 Å². The highest BCUT2D eigenvalue weighted by Gasteiger charge is 2.21. The minimum absolute atomic E-state index is 0.120. The van der Waals surface area contributed by atoms with Crippen LogP contribution in [0, 0.1) is 5.92 Å². The third kappa shape index (κ3) is 7.64. The molecule has 6 nitrogen and oxygen atoms in total. The predicted octanol–water partition coefficient (Wildman–Crippen LogP) is 8.28. The maximum atomic E-state index is 9.26. The SMILES string of the molecule is CC.CC1CCC2=CCC=CC=C2C1.OCN1CCC(Nc2cc(-c3ccccc3Cl)nc3c(Br)cnn23)CC1. The molecular weight excluding hydrogens is 586 g/mol. The lowest BCUT2D eigenvalue weighted by Gasteiger charge is -2.31. The van der Waals surface area contributed by atoms with Gasteiger partial charge in [0.05, 0.1) is 23.1 Å². The van der Waals surface area contributed by atoms with Gasteiger partial charge in [-0.25, -0.2) is 4.98 Å². The molecule has 40 heavy (non-hydrogen) atoms. The molecule has 0 spiro atoms. The fourth-order valence-corrected chi connectivity index (χ4v) is 5.91. The smallest absolute Gasteiger partial charge is 0.172 e. The Morgan fingerprint density at radius 2 is 1.90 bits per heavy atom. The summed E-state index contributed by atoms with van der Waals surface area (Å²) in [7, 11) is 0. The van der Waals surface area contributed by atoms with Gasteiger partial charge in [-0.1, -0.05) is 74.9 Å². The predicted molar refractivity (Wildman–Crippen MR) is 171 cm³/mol. The number of hydrogen-bond donors (Lipinski definition) is 2. The van der Waals surface area contributed by atoms with Crippen LogP contribution in [0.15, 0.2) is 76.5 Å². The van der Waals surface area contributed by atoms with Crippen molar-refractivity contribution < 1.29 is 5.11 Å². The number of benzene rings is 1. The molecule has 0 bridgehead atoms. The number of aliphatic hydroxyl groups is 1. The van der Waals surface area contributed by atoms with Gasteiger partial charge in [0, 0.05) is 35.8 Å². The van der Waals surface area contributed by atoms with E-state index in [-0.39, 0.29) is 6.73 Å². The summed E-state index contributed by atoms with van der Waals surface area (Å²) in [5.74, 6) is 1.78. The van der Waals surface area contributed by atoms with Crippen molar-refractivity contribution >= 4 is 39.0 Å². The summed E-state index contributed by atoms with van der Waals surface area (Å²) in [6, 6.07) is 10.0. The van der Waals surface area contributed by atoms with Crippen LogP contribution >= 0.6 is 27.5 Å². The van der Waals surface area contributed by atoms with E-state index in [1.54, 1.807) is 17.3 Å². The van der Waals surface area contributed by atoms with Crippen molar-refractivity contribution in [2.45, 2.75) is 65.3 Å². The molecule has 1 unspecified atom stereocenters. The summed E-state index contributed by atoms with van der Waals surface area (Å²) in [5, 5.41) is 18.0. The van der Waals surface area contributed by atoms with Crippen molar-refractivity contribution in [1.29, 1.82) is 0 Å². The fourth-order valence-electron chi connectivity index (χ4n) is 5.33. The number of rotatable bonds is 4. The zero-order valence-electron chi connectivity index (χ0n) is 23.8. The van der Waals surface area contributed by atoms with Gasteiger partial charge in [0.15, 0.2) is 5.65 Å². The van der Waals surface area contributed by atoms with Crippen molar-refractivity contribution in [1.82, 2.24) is 19.5 Å². The second kappa shape index (κ2) is 15.0. The number of aromatic nitrogens is 3. The molecule has 8 heteroatoms. The molecule has 1 aliphatic heterocycles. The van der Waals surface area contributed by atoms with Gasteiger partial charge in [-0.2, -0.15) is 9.61 Å². The summed E-state index contributed by atoms with van der Waals surface area (Å²) in [6.07, 6.45) is 17.9. The molecule has 0 radical (unpaired) electrons. The number of nitrogens with one attached hydrogen (secondary N) is 1. The van der Waals surface area contributed by atoms with Gasteiger partial charge in [-0.15, -0.1) is 0 Å². The number of hydrogen-bond acceptors (Lipinski definition) is 5. The molecule has 1 aromatic carbocycles. The first-order valence-electron chi connectivity index (χ1n) is 14.5. The van der Waals surface area contributed by atoms with Crippen LogP contribution in [0.3, 0.4) is 0 Å². The number of aliphatic hydroxyl groups excluding tert-OH is 1. The molecule has 2 aromatic heterocycles. The highest BCUT2D eigenvalue weighted by Crippen LogP contribution is 2.34. The highest BCUT2D eigenvalue weighted by molar-refractivity contribution is 9.10. The summed E-state index contributed by atoms with van der Waals surface area (Å²) < 4.78 is 2.65. The molecule has 0 amide bonds. The van der Waals surface area contributed by atoms with Crippen molar-refractivity contribution in [3.63, 3.8) is 0 Å². The molecule has 2 fully saturated rings. The second-order valence-corrected chi connectivity index (χ2v) is 11.6. The zero-order valence-corrected chi connectivity index (χ0v) is 26.1. The van der Waals surface area contributed by atoms with E-state index in [4.69, 9.17) is 16.6 Å². The Morgan fingerprint density at radius 3 is 2.65 bits per heavy atom. The molecule has 1 atom stereocenters. The average Bonchev–Trinajstić information content (AvgIpc) is 3.20. The Morgan fingerprint density at radius 1 is 1.12 bits per heavy atom. The van der Waals surface area contributed by atoms with Crippen molar-refractivity contribution in [3.05, 3.63) is 81.5 Å². The van der Waals surface area contributed by atoms with Crippen LogP contribution in [0.25, 0.3) is 16.9 Å². The lowest BCUT2D eigenvalue weighted by atomic mass is 9.83. The van der Waals surface area contributed by atoms with Crippen molar-refractivity contribution in [3.8, 4) is 11.3 Å².